The van der Waals surface area contributed by atoms with Gasteiger partial charge in [0.2, 0.25) is 5.88 Å². The molecule has 3 aromatic rings. The highest BCUT2D eigenvalue weighted by Crippen LogP contribution is 2.36. The van der Waals surface area contributed by atoms with E-state index in [-0.39, 0.29) is 0 Å². The van der Waals surface area contributed by atoms with Gasteiger partial charge in [-0.3, -0.25) is 0 Å². The zero-order valence-corrected chi connectivity index (χ0v) is 18.5. The molecule has 1 N–H and O–H groups in total. The van der Waals surface area contributed by atoms with Crippen molar-refractivity contribution in [3.05, 3.63) is 59.9 Å². The van der Waals surface area contributed by atoms with Gasteiger partial charge in [0.25, 0.3) is 0 Å². The fraction of sp³-hybridized carbons (Fsp3) is 0.333. The SMILES string of the molecule is Cc1ccc(NC2=Nc3c(nc(OCCOc4ccccn4)nc3N3CCOCC3)C2)cc1. The number of aliphatic imine (C=N–C) groups is 1. The quantitative estimate of drug-likeness (QED) is 0.553. The number of pyridine rings is 1. The van der Waals surface area contributed by atoms with Crippen LogP contribution in [0.15, 0.2) is 53.7 Å². The molecular weight excluding hydrogens is 420 g/mol. The summed E-state index contributed by atoms with van der Waals surface area (Å²) in [5.41, 5.74) is 3.85. The summed E-state index contributed by atoms with van der Waals surface area (Å²) in [6.45, 7) is 5.55. The molecule has 0 spiro atoms. The summed E-state index contributed by atoms with van der Waals surface area (Å²) in [6.07, 6.45) is 2.28. The molecule has 170 valence electrons. The molecule has 9 nitrogen and oxygen atoms in total. The Kier molecular flexibility index (Phi) is 6.30. The van der Waals surface area contributed by atoms with Gasteiger partial charge in [0.15, 0.2) is 5.82 Å². The molecule has 1 fully saturated rings. The number of rotatable bonds is 7. The smallest absolute Gasteiger partial charge is 0.318 e. The maximum Gasteiger partial charge on any atom is 0.318 e. The highest BCUT2D eigenvalue weighted by molar-refractivity contribution is 6.03. The highest BCUT2D eigenvalue weighted by Gasteiger charge is 2.26. The summed E-state index contributed by atoms with van der Waals surface area (Å²) in [7, 11) is 0. The van der Waals surface area contributed by atoms with E-state index in [1.54, 1.807) is 6.20 Å². The van der Waals surface area contributed by atoms with Crippen LogP contribution in [0.3, 0.4) is 0 Å². The van der Waals surface area contributed by atoms with Gasteiger partial charge >= 0.3 is 6.01 Å². The van der Waals surface area contributed by atoms with Gasteiger partial charge in [-0.1, -0.05) is 23.8 Å². The molecule has 1 aromatic carbocycles. The maximum atomic E-state index is 5.85. The van der Waals surface area contributed by atoms with Crippen LogP contribution in [0.1, 0.15) is 11.3 Å². The van der Waals surface area contributed by atoms with Crippen molar-refractivity contribution in [3.8, 4) is 11.9 Å². The van der Waals surface area contributed by atoms with Crippen molar-refractivity contribution in [2.24, 2.45) is 4.99 Å². The van der Waals surface area contributed by atoms with Crippen molar-refractivity contribution in [1.29, 1.82) is 0 Å². The third-order valence-corrected chi connectivity index (χ3v) is 5.35. The Labute approximate surface area is 192 Å². The standard InChI is InChI=1S/C24H26N6O3/c1-17-5-7-18(8-6-17)26-20-16-19-22(28-20)23(30-10-12-31-13-11-30)29-24(27-19)33-15-14-32-21-4-2-3-9-25-21/h2-9H,10-16H2,1H3,(H,26,28). The number of fused-ring (bicyclic) bond motifs is 1. The summed E-state index contributed by atoms with van der Waals surface area (Å²) < 4.78 is 17.0. The lowest BCUT2D eigenvalue weighted by Gasteiger charge is -2.28. The van der Waals surface area contributed by atoms with E-state index in [4.69, 9.17) is 24.2 Å². The van der Waals surface area contributed by atoms with Crippen LogP contribution in [-0.4, -0.2) is 60.3 Å². The lowest BCUT2D eigenvalue weighted by molar-refractivity contribution is 0.122. The topological polar surface area (TPSA) is 94.0 Å². The van der Waals surface area contributed by atoms with Gasteiger partial charge in [0.1, 0.15) is 24.7 Å². The van der Waals surface area contributed by atoms with Gasteiger partial charge in [-0.2, -0.15) is 9.97 Å². The molecule has 2 aliphatic rings. The molecule has 33 heavy (non-hydrogen) atoms. The van der Waals surface area contributed by atoms with Crippen LogP contribution in [0.2, 0.25) is 0 Å². The fourth-order valence-corrected chi connectivity index (χ4v) is 3.68. The molecular formula is C24H26N6O3. The Balaban J connectivity index is 1.31. The Morgan fingerprint density at radius 3 is 2.61 bits per heavy atom. The van der Waals surface area contributed by atoms with Gasteiger partial charge in [-0.25, -0.2) is 9.98 Å². The minimum atomic E-state index is 0.313. The van der Waals surface area contributed by atoms with Crippen LogP contribution < -0.4 is 19.7 Å². The number of hydrogen-bond donors (Lipinski definition) is 1. The number of amidine groups is 1. The van der Waals surface area contributed by atoms with Crippen molar-refractivity contribution >= 4 is 23.0 Å². The van der Waals surface area contributed by atoms with Crippen LogP contribution in [-0.2, 0) is 11.2 Å². The number of benzene rings is 1. The Bertz CT molecular complexity index is 1120. The maximum absolute atomic E-state index is 5.85. The number of ether oxygens (including phenoxy) is 3. The van der Waals surface area contributed by atoms with Gasteiger partial charge in [-0.05, 0) is 25.1 Å². The van der Waals surface area contributed by atoms with Crippen molar-refractivity contribution < 1.29 is 14.2 Å². The molecule has 4 heterocycles. The molecule has 0 amide bonds. The Morgan fingerprint density at radius 2 is 1.82 bits per heavy atom. The molecule has 0 radical (unpaired) electrons. The largest absolute Gasteiger partial charge is 0.474 e. The summed E-state index contributed by atoms with van der Waals surface area (Å²) >= 11 is 0. The van der Waals surface area contributed by atoms with E-state index >= 15 is 0 Å². The van der Waals surface area contributed by atoms with Crippen molar-refractivity contribution in [3.63, 3.8) is 0 Å². The minimum absolute atomic E-state index is 0.313. The van der Waals surface area contributed by atoms with E-state index < -0.39 is 0 Å². The second-order valence-corrected chi connectivity index (χ2v) is 7.82. The number of nitrogens with one attached hydrogen (secondary N) is 1. The molecule has 0 aliphatic carbocycles. The summed E-state index contributed by atoms with van der Waals surface area (Å²) in [5, 5.41) is 3.41. The molecule has 0 bridgehead atoms. The Morgan fingerprint density at radius 1 is 1.00 bits per heavy atom. The van der Waals surface area contributed by atoms with Crippen LogP contribution in [0.25, 0.3) is 0 Å². The first-order chi connectivity index (χ1) is 16.2. The molecule has 0 atom stereocenters. The van der Waals surface area contributed by atoms with E-state index in [0.29, 0.717) is 44.7 Å². The second-order valence-electron chi connectivity index (χ2n) is 7.82. The summed E-state index contributed by atoms with van der Waals surface area (Å²) in [5.74, 6) is 2.18. The lowest BCUT2D eigenvalue weighted by Crippen LogP contribution is -2.37. The van der Waals surface area contributed by atoms with E-state index in [2.05, 4.69) is 39.2 Å². The number of anilines is 2. The first kappa shape index (κ1) is 21.1. The molecule has 5 rings (SSSR count). The first-order valence-electron chi connectivity index (χ1n) is 11.1. The average Bonchev–Trinajstić information content (AvgIpc) is 3.26. The molecule has 9 heteroatoms. The predicted octanol–water partition coefficient (Wildman–Crippen LogP) is 3.17. The van der Waals surface area contributed by atoms with Crippen molar-refractivity contribution in [2.45, 2.75) is 13.3 Å². The zero-order valence-electron chi connectivity index (χ0n) is 18.5. The van der Waals surface area contributed by atoms with Crippen LogP contribution in [0, 0.1) is 6.92 Å². The summed E-state index contributed by atoms with van der Waals surface area (Å²) in [6, 6.07) is 14.1. The summed E-state index contributed by atoms with van der Waals surface area (Å²) in [4.78, 5) is 20.5. The van der Waals surface area contributed by atoms with Crippen LogP contribution in [0.5, 0.6) is 11.9 Å². The van der Waals surface area contributed by atoms with Gasteiger partial charge in [-0.15, -0.1) is 0 Å². The number of hydrogen-bond acceptors (Lipinski definition) is 9. The number of morpholine rings is 1. The zero-order chi connectivity index (χ0) is 22.5. The number of nitrogens with zero attached hydrogens (tertiary/aromatic N) is 5. The predicted molar refractivity (Wildman–Crippen MR) is 126 cm³/mol. The highest BCUT2D eigenvalue weighted by atomic mass is 16.5. The van der Waals surface area contributed by atoms with E-state index in [0.717, 1.165) is 41.8 Å². The lowest BCUT2D eigenvalue weighted by atomic mass is 10.2. The van der Waals surface area contributed by atoms with Crippen LogP contribution in [0.4, 0.5) is 17.2 Å². The van der Waals surface area contributed by atoms with Gasteiger partial charge < -0.3 is 24.4 Å². The van der Waals surface area contributed by atoms with Crippen molar-refractivity contribution in [1.82, 2.24) is 15.0 Å². The molecule has 0 unspecified atom stereocenters. The van der Waals surface area contributed by atoms with E-state index in [1.807, 2.05) is 30.3 Å². The van der Waals surface area contributed by atoms with Crippen LogP contribution >= 0.6 is 0 Å². The first-order valence-corrected chi connectivity index (χ1v) is 11.1. The van der Waals surface area contributed by atoms with Gasteiger partial charge in [0, 0.05) is 31.0 Å². The Hall–Kier alpha value is -3.72. The number of aryl methyl sites for hydroxylation is 1. The van der Waals surface area contributed by atoms with E-state index in [9.17, 15) is 0 Å². The molecule has 2 aliphatic heterocycles. The minimum Gasteiger partial charge on any atom is -0.474 e. The van der Waals surface area contributed by atoms with Gasteiger partial charge in [0.05, 0.1) is 25.3 Å². The normalized spacial score (nSPS) is 15.1. The number of aromatic nitrogens is 3. The average molecular weight is 447 g/mol. The molecule has 0 saturated carbocycles. The third-order valence-electron chi connectivity index (χ3n) is 5.35. The fourth-order valence-electron chi connectivity index (χ4n) is 3.68. The third kappa shape index (κ3) is 5.20. The molecule has 2 aromatic heterocycles. The van der Waals surface area contributed by atoms with Crippen molar-refractivity contribution in [2.75, 3.05) is 49.7 Å². The molecule has 1 saturated heterocycles. The monoisotopic (exact) mass is 446 g/mol. The van der Waals surface area contributed by atoms with E-state index in [1.165, 1.54) is 5.56 Å². The second kappa shape index (κ2) is 9.83.